The van der Waals surface area contributed by atoms with Crippen LogP contribution in [0.5, 0.6) is 0 Å². The Morgan fingerprint density at radius 3 is 2.56 bits per heavy atom. The second-order valence-corrected chi connectivity index (χ2v) is 7.17. The maximum Gasteiger partial charge on any atom is 0.253 e. The van der Waals surface area contributed by atoms with E-state index >= 15 is 0 Å². The van der Waals surface area contributed by atoms with Crippen LogP contribution in [0.1, 0.15) is 55.8 Å². The normalized spacial score (nSPS) is 22.1. The zero-order valence-electron chi connectivity index (χ0n) is 14.9. The highest BCUT2D eigenvalue weighted by atomic mass is 19.1. The molecule has 2 heterocycles. The number of nitrogens with zero attached hydrogens (tertiary/aromatic N) is 2. The van der Waals surface area contributed by atoms with Crippen molar-refractivity contribution >= 4 is 11.8 Å². The minimum atomic E-state index is -0.397. The molecule has 1 atom stereocenters. The van der Waals surface area contributed by atoms with Crippen LogP contribution in [0.3, 0.4) is 0 Å². The standard InChI is InChI=1S/C20H27FN2O2/c1-2-18-8-3-4-11-23(18)20(25)15-9-12-22(13-10-15)19(24)16-6-5-7-17(21)14-16/h5-7,14-15,18H,2-4,8-13H2,1H3. The minimum absolute atomic E-state index is 0.0173. The molecule has 25 heavy (non-hydrogen) atoms. The molecule has 0 spiro atoms. The number of rotatable bonds is 3. The Hall–Kier alpha value is -1.91. The summed E-state index contributed by atoms with van der Waals surface area (Å²) in [6, 6.07) is 6.19. The van der Waals surface area contributed by atoms with Crippen LogP contribution in [0.15, 0.2) is 24.3 Å². The van der Waals surface area contributed by atoms with E-state index in [9.17, 15) is 14.0 Å². The highest BCUT2D eigenvalue weighted by Gasteiger charge is 2.33. The number of carbonyl (C=O) groups excluding carboxylic acids is 2. The molecule has 2 aliphatic rings. The molecule has 0 saturated carbocycles. The highest BCUT2D eigenvalue weighted by molar-refractivity contribution is 5.94. The first-order valence-corrected chi connectivity index (χ1v) is 9.45. The molecule has 2 fully saturated rings. The Morgan fingerprint density at radius 2 is 1.88 bits per heavy atom. The first-order valence-electron chi connectivity index (χ1n) is 9.45. The predicted octanol–water partition coefficient (Wildman–Crippen LogP) is 3.47. The summed E-state index contributed by atoms with van der Waals surface area (Å²) >= 11 is 0. The van der Waals surface area contributed by atoms with Gasteiger partial charge >= 0.3 is 0 Å². The zero-order valence-corrected chi connectivity index (χ0v) is 14.9. The smallest absolute Gasteiger partial charge is 0.253 e. The Kier molecular flexibility index (Phi) is 5.71. The van der Waals surface area contributed by atoms with E-state index in [2.05, 4.69) is 11.8 Å². The Balaban J connectivity index is 1.58. The number of benzene rings is 1. The van der Waals surface area contributed by atoms with Crippen molar-refractivity contribution in [2.45, 2.75) is 51.5 Å². The van der Waals surface area contributed by atoms with Crippen LogP contribution < -0.4 is 0 Å². The van der Waals surface area contributed by atoms with Gasteiger partial charge in [-0.2, -0.15) is 0 Å². The van der Waals surface area contributed by atoms with Crippen molar-refractivity contribution in [3.63, 3.8) is 0 Å². The van der Waals surface area contributed by atoms with Gasteiger partial charge in [0.05, 0.1) is 0 Å². The van der Waals surface area contributed by atoms with Crippen molar-refractivity contribution in [1.29, 1.82) is 0 Å². The van der Waals surface area contributed by atoms with E-state index in [1.165, 1.54) is 18.6 Å². The maximum atomic E-state index is 13.3. The fourth-order valence-electron chi connectivity index (χ4n) is 4.08. The van der Waals surface area contributed by atoms with E-state index in [4.69, 9.17) is 0 Å². The molecular formula is C20H27FN2O2. The van der Waals surface area contributed by atoms with Gasteiger partial charge in [-0.1, -0.05) is 13.0 Å². The molecule has 2 aliphatic heterocycles. The third kappa shape index (κ3) is 4.02. The molecule has 1 aromatic carbocycles. The highest BCUT2D eigenvalue weighted by Crippen LogP contribution is 2.26. The first kappa shape index (κ1) is 17.9. The molecule has 0 aliphatic carbocycles. The van der Waals surface area contributed by atoms with E-state index in [0.29, 0.717) is 37.5 Å². The van der Waals surface area contributed by atoms with E-state index in [1.807, 2.05) is 0 Å². The van der Waals surface area contributed by atoms with Crippen LogP contribution in [0, 0.1) is 11.7 Å². The third-order valence-corrected chi connectivity index (χ3v) is 5.58. The molecule has 1 aromatic rings. The molecule has 0 N–H and O–H groups in total. The number of hydrogen-bond donors (Lipinski definition) is 0. The van der Waals surface area contributed by atoms with Crippen molar-refractivity contribution in [2.75, 3.05) is 19.6 Å². The van der Waals surface area contributed by atoms with Crippen LogP contribution in [-0.4, -0.2) is 47.3 Å². The van der Waals surface area contributed by atoms with Crippen molar-refractivity contribution in [3.8, 4) is 0 Å². The average Bonchev–Trinajstić information content (AvgIpc) is 2.67. The van der Waals surface area contributed by atoms with Crippen molar-refractivity contribution < 1.29 is 14.0 Å². The lowest BCUT2D eigenvalue weighted by Crippen LogP contribution is -2.49. The van der Waals surface area contributed by atoms with Gasteiger partial charge in [-0.25, -0.2) is 4.39 Å². The molecule has 0 radical (unpaired) electrons. The topological polar surface area (TPSA) is 40.6 Å². The first-order chi connectivity index (χ1) is 12.1. The number of halogens is 1. The SMILES string of the molecule is CCC1CCCCN1C(=O)C1CCN(C(=O)c2cccc(F)c2)CC1. The summed E-state index contributed by atoms with van der Waals surface area (Å²) in [5.74, 6) is -0.255. The van der Waals surface area contributed by atoms with Crippen LogP contribution in [0.2, 0.25) is 0 Å². The second-order valence-electron chi connectivity index (χ2n) is 7.17. The second kappa shape index (κ2) is 7.98. The summed E-state index contributed by atoms with van der Waals surface area (Å²) in [4.78, 5) is 29.2. The fraction of sp³-hybridized carbons (Fsp3) is 0.600. The van der Waals surface area contributed by atoms with Crippen LogP contribution in [0.4, 0.5) is 4.39 Å². The largest absolute Gasteiger partial charge is 0.339 e. The van der Waals surface area contributed by atoms with Gasteiger partial charge in [-0.15, -0.1) is 0 Å². The lowest BCUT2D eigenvalue weighted by molar-refractivity contribution is -0.140. The Morgan fingerprint density at radius 1 is 1.12 bits per heavy atom. The van der Waals surface area contributed by atoms with Gasteiger partial charge in [0, 0.05) is 37.2 Å². The number of piperidine rings is 2. The molecule has 136 valence electrons. The summed E-state index contributed by atoms with van der Waals surface area (Å²) in [6.45, 7) is 4.16. The summed E-state index contributed by atoms with van der Waals surface area (Å²) in [5, 5.41) is 0. The summed E-state index contributed by atoms with van der Waals surface area (Å²) in [5.41, 5.74) is 0.381. The van der Waals surface area contributed by atoms with Crippen LogP contribution in [0.25, 0.3) is 0 Å². The Bertz CT molecular complexity index is 626. The molecule has 4 nitrogen and oxygen atoms in total. The molecule has 3 rings (SSSR count). The maximum absolute atomic E-state index is 13.3. The monoisotopic (exact) mass is 346 g/mol. The Labute approximate surface area is 149 Å². The van der Waals surface area contributed by atoms with Gasteiger partial charge in [0.15, 0.2) is 0 Å². The summed E-state index contributed by atoms with van der Waals surface area (Å²) in [6.07, 6.45) is 5.84. The van der Waals surface area contributed by atoms with Gasteiger partial charge in [0.2, 0.25) is 5.91 Å². The molecule has 2 saturated heterocycles. The lowest BCUT2D eigenvalue weighted by Gasteiger charge is -2.39. The van der Waals surface area contributed by atoms with E-state index in [1.54, 1.807) is 17.0 Å². The molecular weight excluding hydrogens is 319 g/mol. The summed E-state index contributed by atoms with van der Waals surface area (Å²) < 4.78 is 13.3. The van der Waals surface area contributed by atoms with Gasteiger partial charge in [-0.05, 0) is 56.7 Å². The van der Waals surface area contributed by atoms with Gasteiger partial charge in [0.25, 0.3) is 5.91 Å². The molecule has 0 bridgehead atoms. The number of amides is 2. The number of likely N-dealkylation sites (tertiary alicyclic amines) is 2. The van der Waals surface area contributed by atoms with E-state index < -0.39 is 5.82 Å². The summed E-state index contributed by atoms with van der Waals surface area (Å²) in [7, 11) is 0. The quantitative estimate of drug-likeness (QED) is 0.841. The van der Waals surface area contributed by atoms with Crippen molar-refractivity contribution in [3.05, 3.63) is 35.6 Å². The molecule has 0 aromatic heterocycles. The zero-order chi connectivity index (χ0) is 17.8. The molecule has 1 unspecified atom stereocenters. The van der Waals surface area contributed by atoms with E-state index in [0.717, 1.165) is 25.8 Å². The fourth-order valence-corrected chi connectivity index (χ4v) is 4.08. The van der Waals surface area contributed by atoms with Crippen molar-refractivity contribution in [2.24, 2.45) is 5.92 Å². The van der Waals surface area contributed by atoms with E-state index in [-0.39, 0.29) is 17.7 Å². The predicted molar refractivity (Wildman–Crippen MR) is 94.7 cm³/mol. The molecule has 5 heteroatoms. The average molecular weight is 346 g/mol. The van der Waals surface area contributed by atoms with Crippen molar-refractivity contribution in [1.82, 2.24) is 9.80 Å². The van der Waals surface area contributed by atoms with Crippen LogP contribution in [-0.2, 0) is 4.79 Å². The molecule has 2 amide bonds. The lowest BCUT2D eigenvalue weighted by atomic mass is 9.91. The third-order valence-electron chi connectivity index (χ3n) is 5.58. The van der Waals surface area contributed by atoms with Gasteiger partial charge in [-0.3, -0.25) is 9.59 Å². The number of hydrogen-bond acceptors (Lipinski definition) is 2. The van der Waals surface area contributed by atoms with Crippen LogP contribution >= 0.6 is 0 Å². The minimum Gasteiger partial charge on any atom is -0.339 e. The van der Waals surface area contributed by atoms with Gasteiger partial charge in [0.1, 0.15) is 5.82 Å². The van der Waals surface area contributed by atoms with Gasteiger partial charge < -0.3 is 9.80 Å². The number of carbonyl (C=O) groups is 2.